The molecule has 2 rings (SSSR count). The normalized spacial score (nSPS) is 12.4. The molecule has 0 radical (unpaired) electrons. The van der Waals surface area contributed by atoms with E-state index in [9.17, 15) is 0 Å². The van der Waals surface area contributed by atoms with Gasteiger partial charge in [-0.15, -0.1) is 10.2 Å². The number of nitrogens with zero attached hydrogens (tertiary/aromatic N) is 2. The van der Waals surface area contributed by atoms with Gasteiger partial charge in [0.2, 0.25) is 5.13 Å². The molecule has 90 valence electrons. The van der Waals surface area contributed by atoms with E-state index in [-0.39, 0.29) is 6.10 Å². The molecule has 2 N–H and O–H groups in total. The molecule has 0 amide bonds. The first kappa shape index (κ1) is 12.1. The maximum absolute atomic E-state index is 5.88. The second kappa shape index (κ2) is 4.89. The number of hydrogen-bond donors (Lipinski definition) is 1. The summed E-state index contributed by atoms with van der Waals surface area (Å²) in [6.45, 7) is 3.86. The SMILES string of the molecule is Cc1cc(Cl)ccc1O[C@@H](C)c1nnc(N)s1. The van der Waals surface area contributed by atoms with Gasteiger partial charge in [-0.2, -0.15) is 0 Å². The fourth-order valence-electron chi connectivity index (χ4n) is 1.40. The highest BCUT2D eigenvalue weighted by Gasteiger charge is 2.13. The molecule has 0 bridgehead atoms. The number of ether oxygens (including phenoxy) is 1. The summed E-state index contributed by atoms with van der Waals surface area (Å²) >= 11 is 7.21. The van der Waals surface area contributed by atoms with Crippen LogP contribution >= 0.6 is 22.9 Å². The van der Waals surface area contributed by atoms with E-state index in [0.29, 0.717) is 10.2 Å². The molecule has 6 heteroatoms. The molecule has 1 heterocycles. The zero-order valence-corrected chi connectivity index (χ0v) is 11.0. The third-order valence-electron chi connectivity index (χ3n) is 2.24. The van der Waals surface area contributed by atoms with Gasteiger partial charge in [0.25, 0.3) is 0 Å². The lowest BCUT2D eigenvalue weighted by Crippen LogP contribution is -2.03. The summed E-state index contributed by atoms with van der Waals surface area (Å²) < 4.78 is 5.79. The largest absolute Gasteiger partial charge is 0.483 e. The molecule has 0 fully saturated rings. The molecule has 0 saturated heterocycles. The van der Waals surface area contributed by atoms with Crippen molar-refractivity contribution in [2.45, 2.75) is 20.0 Å². The molecular formula is C11H12ClN3OS. The van der Waals surface area contributed by atoms with E-state index >= 15 is 0 Å². The van der Waals surface area contributed by atoms with Gasteiger partial charge in [0, 0.05) is 5.02 Å². The lowest BCUT2D eigenvalue weighted by molar-refractivity contribution is 0.224. The van der Waals surface area contributed by atoms with Crippen LogP contribution < -0.4 is 10.5 Å². The van der Waals surface area contributed by atoms with Crippen LogP contribution in [0.3, 0.4) is 0 Å². The summed E-state index contributed by atoms with van der Waals surface area (Å²) in [5.74, 6) is 0.788. The fourth-order valence-corrected chi connectivity index (χ4v) is 2.22. The van der Waals surface area contributed by atoms with Gasteiger partial charge in [-0.05, 0) is 37.6 Å². The van der Waals surface area contributed by atoms with E-state index in [1.165, 1.54) is 11.3 Å². The van der Waals surface area contributed by atoms with Crippen LogP contribution in [0, 0.1) is 6.92 Å². The van der Waals surface area contributed by atoms with Gasteiger partial charge in [0.15, 0.2) is 5.01 Å². The van der Waals surface area contributed by atoms with E-state index in [1.807, 2.05) is 26.0 Å². The quantitative estimate of drug-likeness (QED) is 0.929. The Morgan fingerprint density at radius 2 is 2.18 bits per heavy atom. The summed E-state index contributed by atoms with van der Waals surface area (Å²) in [5.41, 5.74) is 6.52. The lowest BCUT2D eigenvalue weighted by atomic mass is 10.2. The highest BCUT2D eigenvalue weighted by molar-refractivity contribution is 7.15. The summed E-state index contributed by atoms with van der Waals surface area (Å²) in [6.07, 6.45) is -0.176. The maximum atomic E-state index is 5.88. The Labute approximate surface area is 108 Å². The first-order valence-corrected chi connectivity index (χ1v) is 6.27. The number of benzene rings is 1. The summed E-state index contributed by atoms with van der Waals surface area (Å²) in [7, 11) is 0. The van der Waals surface area contributed by atoms with Crippen molar-refractivity contribution in [3.63, 3.8) is 0 Å². The molecule has 0 aliphatic heterocycles. The Morgan fingerprint density at radius 1 is 1.41 bits per heavy atom. The van der Waals surface area contributed by atoms with Crippen molar-refractivity contribution >= 4 is 28.1 Å². The minimum absolute atomic E-state index is 0.176. The number of aromatic nitrogens is 2. The van der Waals surface area contributed by atoms with E-state index in [2.05, 4.69) is 10.2 Å². The van der Waals surface area contributed by atoms with Gasteiger partial charge in [-0.3, -0.25) is 0 Å². The van der Waals surface area contributed by atoms with Crippen LogP contribution in [0.15, 0.2) is 18.2 Å². The topological polar surface area (TPSA) is 61.0 Å². The van der Waals surface area contributed by atoms with Crippen molar-refractivity contribution in [1.82, 2.24) is 10.2 Å². The predicted molar refractivity (Wildman–Crippen MR) is 69.6 cm³/mol. The highest BCUT2D eigenvalue weighted by atomic mass is 35.5. The smallest absolute Gasteiger partial charge is 0.203 e. The first-order valence-electron chi connectivity index (χ1n) is 5.08. The van der Waals surface area contributed by atoms with Gasteiger partial charge < -0.3 is 10.5 Å². The van der Waals surface area contributed by atoms with Crippen molar-refractivity contribution in [3.8, 4) is 5.75 Å². The summed E-state index contributed by atoms with van der Waals surface area (Å²) in [6, 6.07) is 5.50. The molecule has 0 unspecified atom stereocenters. The van der Waals surface area contributed by atoms with E-state index in [0.717, 1.165) is 16.3 Å². The average molecular weight is 270 g/mol. The molecule has 17 heavy (non-hydrogen) atoms. The van der Waals surface area contributed by atoms with Gasteiger partial charge in [0.1, 0.15) is 11.9 Å². The molecule has 1 aromatic carbocycles. The number of nitrogens with two attached hydrogens (primary N) is 1. The first-order chi connectivity index (χ1) is 8.06. The van der Waals surface area contributed by atoms with Crippen molar-refractivity contribution < 1.29 is 4.74 Å². The number of rotatable bonds is 3. The minimum Gasteiger partial charge on any atom is -0.483 e. The number of anilines is 1. The third kappa shape index (κ3) is 2.87. The predicted octanol–water partition coefficient (Wildman–Crippen LogP) is 3.22. The summed E-state index contributed by atoms with van der Waals surface area (Å²) in [4.78, 5) is 0. The molecule has 1 atom stereocenters. The number of halogens is 1. The number of nitrogen functional groups attached to an aromatic ring is 1. The van der Waals surface area contributed by atoms with Gasteiger partial charge in [-0.1, -0.05) is 22.9 Å². The molecule has 4 nitrogen and oxygen atoms in total. The summed E-state index contributed by atoms with van der Waals surface area (Å²) in [5, 5.41) is 9.62. The standard InChI is InChI=1S/C11H12ClN3OS/c1-6-5-8(12)3-4-9(6)16-7(2)10-14-15-11(13)17-10/h3-5,7H,1-2H3,(H2,13,15)/t7-/m0/s1. The minimum atomic E-state index is -0.176. The average Bonchev–Trinajstić information content (AvgIpc) is 2.69. The van der Waals surface area contributed by atoms with Crippen LogP contribution in [-0.4, -0.2) is 10.2 Å². The monoisotopic (exact) mass is 269 g/mol. The van der Waals surface area contributed by atoms with Crippen molar-refractivity contribution in [2.24, 2.45) is 0 Å². The second-order valence-electron chi connectivity index (χ2n) is 3.65. The maximum Gasteiger partial charge on any atom is 0.203 e. The van der Waals surface area contributed by atoms with Crippen LogP contribution in [0.4, 0.5) is 5.13 Å². The second-order valence-corrected chi connectivity index (χ2v) is 5.13. The van der Waals surface area contributed by atoms with Crippen LogP contribution in [-0.2, 0) is 0 Å². The Bertz CT molecular complexity index is 529. The zero-order valence-electron chi connectivity index (χ0n) is 9.48. The number of hydrogen-bond acceptors (Lipinski definition) is 5. The van der Waals surface area contributed by atoms with Gasteiger partial charge in [-0.25, -0.2) is 0 Å². The van der Waals surface area contributed by atoms with Crippen molar-refractivity contribution in [3.05, 3.63) is 33.8 Å². The number of aryl methyl sites for hydroxylation is 1. The third-order valence-corrected chi connectivity index (χ3v) is 3.39. The van der Waals surface area contributed by atoms with E-state index in [1.54, 1.807) is 6.07 Å². The van der Waals surface area contributed by atoms with E-state index < -0.39 is 0 Å². The molecule has 0 aliphatic carbocycles. The van der Waals surface area contributed by atoms with Crippen LogP contribution in [0.25, 0.3) is 0 Å². The van der Waals surface area contributed by atoms with Crippen molar-refractivity contribution in [1.29, 1.82) is 0 Å². The fraction of sp³-hybridized carbons (Fsp3) is 0.273. The lowest BCUT2D eigenvalue weighted by Gasteiger charge is -2.13. The Kier molecular flexibility index (Phi) is 3.49. The molecule has 0 aliphatic rings. The highest BCUT2D eigenvalue weighted by Crippen LogP contribution is 2.28. The molecule has 0 spiro atoms. The molecule has 0 saturated carbocycles. The Morgan fingerprint density at radius 3 is 2.76 bits per heavy atom. The van der Waals surface area contributed by atoms with Crippen LogP contribution in [0.5, 0.6) is 5.75 Å². The Balaban J connectivity index is 2.15. The zero-order chi connectivity index (χ0) is 12.4. The van der Waals surface area contributed by atoms with E-state index in [4.69, 9.17) is 22.1 Å². The molecule has 2 aromatic rings. The molecular weight excluding hydrogens is 258 g/mol. The molecule has 1 aromatic heterocycles. The van der Waals surface area contributed by atoms with Gasteiger partial charge >= 0.3 is 0 Å². The van der Waals surface area contributed by atoms with Gasteiger partial charge in [0.05, 0.1) is 0 Å². The van der Waals surface area contributed by atoms with Crippen LogP contribution in [0.1, 0.15) is 23.6 Å². The Hall–Kier alpha value is -1.33. The van der Waals surface area contributed by atoms with Crippen LogP contribution in [0.2, 0.25) is 5.02 Å². The van der Waals surface area contributed by atoms with Crippen molar-refractivity contribution in [2.75, 3.05) is 5.73 Å².